The molecule has 1 saturated heterocycles. The summed E-state index contributed by atoms with van der Waals surface area (Å²) in [5, 5.41) is 3.82. The normalized spacial score (nSPS) is 17.2. The van der Waals surface area contributed by atoms with Crippen LogP contribution in [0.3, 0.4) is 0 Å². The molecule has 1 fully saturated rings. The molecule has 2 amide bonds. The lowest BCUT2D eigenvalue weighted by Gasteiger charge is -2.30. The zero-order valence-electron chi connectivity index (χ0n) is 20.7. The summed E-state index contributed by atoms with van der Waals surface area (Å²) >= 11 is 0. The number of carbonyl (C=O) groups excluding carboxylic acids is 1. The number of likely N-dealkylation sites (tertiary alicyclic amines) is 1. The summed E-state index contributed by atoms with van der Waals surface area (Å²) in [5.41, 5.74) is 1.64. The van der Waals surface area contributed by atoms with Gasteiger partial charge in [-0.2, -0.15) is 0 Å². The molecule has 1 atom stereocenters. The van der Waals surface area contributed by atoms with E-state index in [0.29, 0.717) is 53.8 Å². The van der Waals surface area contributed by atoms with Crippen molar-refractivity contribution < 1.29 is 19.0 Å². The van der Waals surface area contributed by atoms with Crippen molar-refractivity contribution in [1.82, 2.24) is 14.8 Å². The number of anilines is 1. The number of aromatic amines is 1. The van der Waals surface area contributed by atoms with E-state index < -0.39 is 0 Å². The molecule has 0 unspecified atom stereocenters. The summed E-state index contributed by atoms with van der Waals surface area (Å²) in [4.78, 5) is 33.6. The van der Waals surface area contributed by atoms with Crippen LogP contribution in [0.5, 0.6) is 17.2 Å². The quantitative estimate of drug-likeness (QED) is 0.521. The van der Waals surface area contributed by atoms with Crippen molar-refractivity contribution in [3.05, 3.63) is 58.4 Å². The second-order valence-electron chi connectivity index (χ2n) is 9.17. The topological polar surface area (TPSA) is 96.1 Å². The maximum Gasteiger partial charge on any atom is 0.322 e. The Balaban J connectivity index is 1.42. The SMILES string of the molecule is CCN1CCC[C@H]1CN(Cc1cc2cc3c(cc2[nH]c1=O)OCCO3)C(=O)Nc1ccc(OC)cc1. The standard InChI is InChI=1S/C27H32N4O5/c1-3-30-10-4-5-21(30)17-31(27(33)28-20-6-8-22(34-2)9-7-20)16-19-13-18-14-24-25(36-12-11-35-24)15-23(18)29-26(19)32/h6-9,13-15,21H,3-5,10-12,16-17H2,1-2H3,(H,28,33)(H,29,32)/t21-/m0/s1. The lowest BCUT2D eigenvalue weighted by atomic mass is 10.1. The second-order valence-corrected chi connectivity index (χ2v) is 9.17. The van der Waals surface area contributed by atoms with Crippen molar-refractivity contribution in [2.45, 2.75) is 32.4 Å². The fourth-order valence-corrected chi connectivity index (χ4v) is 4.98. The van der Waals surface area contributed by atoms with E-state index in [-0.39, 0.29) is 24.2 Å². The number of fused-ring (bicyclic) bond motifs is 2. The van der Waals surface area contributed by atoms with Crippen LogP contribution >= 0.6 is 0 Å². The molecule has 9 heteroatoms. The number of likely N-dealkylation sites (N-methyl/N-ethyl adjacent to an activating group) is 1. The van der Waals surface area contributed by atoms with Crippen LogP contribution in [-0.2, 0) is 6.54 Å². The number of nitrogens with zero attached hydrogens (tertiary/aromatic N) is 2. The van der Waals surface area contributed by atoms with Gasteiger partial charge in [-0.05, 0) is 62.3 Å². The number of nitrogens with one attached hydrogen (secondary N) is 2. The Labute approximate surface area is 209 Å². The molecule has 36 heavy (non-hydrogen) atoms. The van der Waals surface area contributed by atoms with Gasteiger partial charge in [0.25, 0.3) is 5.56 Å². The Morgan fingerprint density at radius 2 is 1.92 bits per heavy atom. The van der Waals surface area contributed by atoms with E-state index in [9.17, 15) is 9.59 Å². The van der Waals surface area contributed by atoms with Gasteiger partial charge in [0, 0.05) is 35.3 Å². The predicted molar refractivity (Wildman–Crippen MR) is 138 cm³/mol. The van der Waals surface area contributed by atoms with E-state index in [1.54, 1.807) is 42.3 Å². The number of benzene rings is 2. The molecule has 2 aliphatic rings. The Kier molecular flexibility index (Phi) is 6.99. The van der Waals surface area contributed by atoms with E-state index in [0.717, 1.165) is 31.3 Å². The molecule has 0 aliphatic carbocycles. The fraction of sp³-hybridized carbons (Fsp3) is 0.407. The highest BCUT2D eigenvalue weighted by Gasteiger charge is 2.28. The van der Waals surface area contributed by atoms with Crippen molar-refractivity contribution in [3.63, 3.8) is 0 Å². The molecule has 3 aromatic rings. The first-order valence-electron chi connectivity index (χ1n) is 12.4. The largest absolute Gasteiger partial charge is 0.497 e. The van der Waals surface area contributed by atoms with Crippen molar-refractivity contribution in [2.24, 2.45) is 0 Å². The van der Waals surface area contributed by atoms with Crippen LogP contribution in [-0.4, -0.2) is 66.8 Å². The van der Waals surface area contributed by atoms with Crippen LogP contribution in [0.15, 0.2) is 47.3 Å². The Morgan fingerprint density at radius 1 is 1.17 bits per heavy atom. The lowest BCUT2D eigenvalue weighted by molar-refractivity contribution is 0.172. The van der Waals surface area contributed by atoms with E-state index in [2.05, 4.69) is 22.1 Å². The zero-order valence-corrected chi connectivity index (χ0v) is 20.7. The van der Waals surface area contributed by atoms with Gasteiger partial charge in [-0.15, -0.1) is 0 Å². The number of hydrogen-bond donors (Lipinski definition) is 2. The van der Waals surface area contributed by atoms with Gasteiger partial charge in [0.2, 0.25) is 0 Å². The monoisotopic (exact) mass is 492 g/mol. The lowest BCUT2D eigenvalue weighted by Crippen LogP contribution is -2.45. The first-order chi connectivity index (χ1) is 17.5. The number of H-pyrrole nitrogens is 1. The minimum absolute atomic E-state index is 0.190. The summed E-state index contributed by atoms with van der Waals surface area (Å²) in [6.07, 6.45) is 2.13. The predicted octanol–water partition coefficient (Wildman–Crippen LogP) is 3.83. The van der Waals surface area contributed by atoms with Crippen LogP contribution in [0.1, 0.15) is 25.3 Å². The minimum Gasteiger partial charge on any atom is -0.497 e. The summed E-state index contributed by atoms with van der Waals surface area (Å²) in [5.74, 6) is 2.00. The molecule has 2 aromatic carbocycles. The highest BCUT2D eigenvalue weighted by atomic mass is 16.6. The fourth-order valence-electron chi connectivity index (χ4n) is 4.98. The molecule has 2 aliphatic heterocycles. The molecule has 0 radical (unpaired) electrons. The van der Waals surface area contributed by atoms with Crippen LogP contribution in [0.2, 0.25) is 0 Å². The van der Waals surface area contributed by atoms with Crippen molar-refractivity contribution >= 4 is 22.6 Å². The summed E-state index contributed by atoms with van der Waals surface area (Å²) in [7, 11) is 1.60. The Morgan fingerprint density at radius 3 is 2.64 bits per heavy atom. The van der Waals surface area contributed by atoms with Gasteiger partial charge in [-0.25, -0.2) is 4.79 Å². The van der Waals surface area contributed by atoms with E-state index in [1.807, 2.05) is 12.1 Å². The average Bonchev–Trinajstić information content (AvgIpc) is 3.35. The van der Waals surface area contributed by atoms with Gasteiger partial charge in [0.1, 0.15) is 19.0 Å². The van der Waals surface area contributed by atoms with E-state index >= 15 is 0 Å². The van der Waals surface area contributed by atoms with E-state index in [1.165, 1.54) is 0 Å². The minimum atomic E-state index is -0.246. The van der Waals surface area contributed by atoms with Gasteiger partial charge < -0.3 is 29.4 Å². The highest BCUT2D eigenvalue weighted by Crippen LogP contribution is 2.33. The number of aromatic nitrogens is 1. The first-order valence-corrected chi connectivity index (χ1v) is 12.4. The maximum absolute atomic E-state index is 13.4. The van der Waals surface area contributed by atoms with Crippen LogP contribution < -0.4 is 25.1 Å². The number of rotatable bonds is 7. The van der Waals surface area contributed by atoms with E-state index in [4.69, 9.17) is 14.2 Å². The molecular formula is C27H32N4O5. The number of ether oxygens (including phenoxy) is 3. The second kappa shape index (κ2) is 10.5. The first kappa shape index (κ1) is 24.0. The Hall–Kier alpha value is -3.72. The third-order valence-corrected chi connectivity index (χ3v) is 6.91. The maximum atomic E-state index is 13.4. The summed E-state index contributed by atoms with van der Waals surface area (Å²) in [6.45, 7) is 5.80. The number of pyridine rings is 1. The molecular weight excluding hydrogens is 460 g/mol. The van der Waals surface area contributed by atoms with Crippen molar-refractivity contribution in [3.8, 4) is 17.2 Å². The molecule has 5 rings (SSSR count). The summed E-state index contributed by atoms with van der Waals surface area (Å²) in [6, 6.07) is 12.7. The molecule has 2 N–H and O–H groups in total. The highest BCUT2D eigenvalue weighted by molar-refractivity contribution is 5.89. The van der Waals surface area contributed by atoms with Gasteiger partial charge in [-0.3, -0.25) is 9.69 Å². The average molecular weight is 493 g/mol. The molecule has 0 bridgehead atoms. The number of carbonyl (C=O) groups is 1. The smallest absolute Gasteiger partial charge is 0.322 e. The van der Waals surface area contributed by atoms with Gasteiger partial charge >= 0.3 is 6.03 Å². The number of amides is 2. The van der Waals surface area contributed by atoms with Crippen molar-refractivity contribution in [1.29, 1.82) is 0 Å². The molecule has 1 aromatic heterocycles. The van der Waals surface area contributed by atoms with Crippen molar-refractivity contribution in [2.75, 3.05) is 45.3 Å². The van der Waals surface area contributed by atoms with Crippen LogP contribution in [0, 0.1) is 0 Å². The third kappa shape index (κ3) is 5.11. The zero-order chi connectivity index (χ0) is 25.1. The number of hydrogen-bond acceptors (Lipinski definition) is 6. The number of methoxy groups -OCH3 is 1. The van der Waals surface area contributed by atoms with Gasteiger partial charge in [-0.1, -0.05) is 6.92 Å². The molecule has 0 saturated carbocycles. The van der Waals surface area contributed by atoms with Crippen LogP contribution in [0.25, 0.3) is 10.9 Å². The molecule has 3 heterocycles. The molecule has 0 spiro atoms. The van der Waals surface area contributed by atoms with Gasteiger partial charge in [0.05, 0.1) is 19.2 Å². The Bertz CT molecular complexity index is 1290. The third-order valence-electron chi connectivity index (χ3n) is 6.91. The van der Waals surface area contributed by atoms with Gasteiger partial charge in [0.15, 0.2) is 11.5 Å². The number of urea groups is 1. The van der Waals surface area contributed by atoms with Crippen LogP contribution in [0.4, 0.5) is 10.5 Å². The molecule has 190 valence electrons. The molecule has 9 nitrogen and oxygen atoms in total. The summed E-state index contributed by atoms with van der Waals surface area (Å²) < 4.78 is 16.6.